The fraction of sp³-hybridized carbons (Fsp3) is 0.500. The highest BCUT2D eigenvalue weighted by molar-refractivity contribution is 5.32. The molecule has 3 heterocycles. The number of hydrogen-bond donors (Lipinski definition) is 1. The molecule has 0 spiro atoms. The molecule has 2 aromatic heterocycles. The van der Waals surface area contributed by atoms with Crippen LogP contribution in [-0.2, 0) is 0 Å². The smallest absolute Gasteiger partial charge is 0.233 e. The summed E-state index contributed by atoms with van der Waals surface area (Å²) in [7, 11) is 0. The van der Waals surface area contributed by atoms with E-state index in [-0.39, 0.29) is 0 Å². The van der Waals surface area contributed by atoms with E-state index in [1.54, 1.807) is 0 Å². The molecule has 1 aliphatic heterocycles. The van der Waals surface area contributed by atoms with Crippen molar-refractivity contribution in [2.24, 2.45) is 0 Å². The first-order valence-electron chi connectivity index (χ1n) is 5.85. The molecule has 0 amide bonds. The Labute approximate surface area is 94.7 Å². The number of nitrogens with one attached hydrogen (secondary N) is 1. The van der Waals surface area contributed by atoms with Crippen LogP contribution in [0.5, 0.6) is 0 Å². The summed E-state index contributed by atoms with van der Waals surface area (Å²) >= 11 is 0. The first-order valence-corrected chi connectivity index (χ1v) is 5.85. The van der Waals surface area contributed by atoms with E-state index in [1.165, 1.54) is 24.1 Å². The van der Waals surface area contributed by atoms with E-state index in [0.29, 0.717) is 5.92 Å². The Hall–Kier alpha value is -1.42. The lowest BCUT2D eigenvalue weighted by atomic mass is 9.95. The average Bonchev–Trinajstić information content (AvgIpc) is 2.73. The number of aromatic nitrogens is 3. The summed E-state index contributed by atoms with van der Waals surface area (Å²) in [5.41, 5.74) is 2.36. The van der Waals surface area contributed by atoms with Gasteiger partial charge in [-0.2, -0.15) is 0 Å². The maximum absolute atomic E-state index is 4.60. The van der Waals surface area contributed by atoms with Crippen LogP contribution in [0.3, 0.4) is 0 Å². The van der Waals surface area contributed by atoms with Crippen molar-refractivity contribution >= 4 is 5.78 Å². The van der Waals surface area contributed by atoms with E-state index in [2.05, 4.69) is 34.6 Å². The van der Waals surface area contributed by atoms with E-state index in [1.807, 2.05) is 10.6 Å². The standard InChI is InChI=1S/C12H16N4/c1-9-6-14-12-15-11(8-16(12)7-9)10-2-4-13-5-3-10/h6-8,10,13H,2-5H2,1H3. The van der Waals surface area contributed by atoms with Crippen LogP contribution >= 0.6 is 0 Å². The van der Waals surface area contributed by atoms with Crippen LogP contribution in [0.15, 0.2) is 18.6 Å². The highest BCUT2D eigenvalue weighted by Gasteiger charge is 2.18. The van der Waals surface area contributed by atoms with Crippen LogP contribution < -0.4 is 5.32 Å². The molecule has 1 saturated heterocycles. The molecule has 2 aromatic rings. The van der Waals surface area contributed by atoms with Gasteiger partial charge in [0.05, 0.1) is 5.69 Å². The van der Waals surface area contributed by atoms with Crippen LogP contribution in [0.1, 0.15) is 30.0 Å². The summed E-state index contributed by atoms with van der Waals surface area (Å²) in [6.45, 7) is 4.26. The van der Waals surface area contributed by atoms with Gasteiger partial charge in [0.15, 0.2) is 0 Å². The van der Waals surface area contributed by atoms with Crippen LogP contribution in [0, 0.1) is 6.92 Å². The molecule has 0 unspecified atom stereocenters. The van der Waals surface area contributed by atoms with Gasteiger partial charge in [-0.1, -0.05) is 0 Å². The SMILES string of the molecule is Cc1cnc2nc(C3CCNCC3)cn2c1. The minimum Gasteiger partial charge on any atom is -0.317 e. The summed E-state index contributed by atoms with van der Waals surface area (Å²) in [5, 5.41) is 3.38. The maximum atomic E-state index is 4.60. The fourth-order valence-electron chi connectivity index (χ4n) is 2.32. The lowest BCUT2D eigenvalue weighted by Gasteiger charge is -2.20. The molecule has 0 saturated carbocycles. The fourth-order valence-corrected chi connectivity index (χ4v) is 2.32. The van der Waals surface area contributed by atoms with Gasteiger partial charge in [-0.25, -0.2) is 9.97 Å². The number of piperidine rings is 1. The molecule has 4 heteroatoms. The zero-order valence-electron chi connectivity index (χ0n) is 9.48. The first kappa shape index (κ1) is 9.78. The molecule has 4 nitrogen and oxygen atoms in total. The van der Waals surface area contributed by atoms with Gasteiger partial charge in [0, 0.05) is 24.5 Å². The van der Waals surface area contributed by atoms with E-state index in [0.717, 1.165) is 18.9 Å². The zero-order chi connectivity index (χ0) is 11.0. The van der Waals surface area contributed by atoms with E-state index in [9.17, 15) is 0 Å². The Morgan fingerprint density at radius 2 is 2.12 bits per heavy atom. The minimum absolute atomic E-state index is 0.600. The van der Waals surface area contributed by atoms with Crippen molar-refractivity contribution < 1.29 is 0 Å². The van der Waals surface area contributed by atoms with Crippen molar-refractivity contribution in [1.82, 2.24) is 19.7 Å². The van der Waals surface area contributed by atoms with Gasteiger partial charge in [-0.3, -0.25) is 4.40 Å². The summed E-state index contributed by atoms with van der Waals surface area (Å²) in [4.78, 5) is 8.93. The normalized spacial score (nSPS) is 18.1. The second-order valence-corrected chi connectivity index (χ2v) is 4.53. The van der Waals surface area contributed by atoms with Gasteiger partial charge in [-0.15, -0.1) is 0 Å². The van der Waals surface area contributed by atoms with Crippen LogP contribution in [-0.4, -0.2) is 27.5 Å². The summed E-state index contributed by atoms with van der Waals surface area (Å²) < 4.78 is 2.03. The van der Waals surface area contributed by atoms with Crippen molar-refractivity contribution in [1.29, 1.82) is 0 Å². The van der Waals surface area contributed by atoms with Crippen molar-refractivity contribution in [2.75, 3.05) is 13.1 Å². The number of rotatable bonds is 1. The molecule has 16 heavy (non-hydrogen) atoms. The molecule has 3 rings (SSSR count). The molecular weight excluding hydrogens is 200 g/mol. The summed E-state index contributed by atoms with van der Waals surface area (Å²) in [6, 6.07) is 0. The molecule has 1 fully saturated rings. The third-order valence-electron chi connectivity index (χ3n) is 3.22. The Balaban J connectivity index is 1.97. The van der Waals surface area contributed by atoms with Crippen molar-refractivity contribution in [3.8, 4) is 0 Å². The van der Waals surface area contributed by atoms with Crippen molar-refractivity contribution in [2.45, 2.75) is 25.7 Å². The second-order valence-electron chi connectivity index (χ2n) is 4.53. The van der Waals surface area contributed by atoms with Crippen LogP contribution in [0.25, 0.3) is 5.78 Å². The monoisotopic (exact) mass is 216 g/mol. The first-order chi connectivity index (χ1) is 7.83. The molecular formula is C12H16N4. The second kappa shape index (κ2) is 3.87. The third kappa shape index (κ3) is 1.69. The molecule has 0 radical (unpaired) electrons. The van der Waals surface area contributed by atoms with Gasteiger partial charge in [-0.05, 0) is 38.4 Å². The Morgan fingerprint density at radius 1 is 1.31 bits per heavy atom. The lowest BCUT2D eigenvalue weighted by molar-refractivity contribution is 0.454. The number of imidazole rings is 1. The topological polar surface area (TPSA) is 42.2 Å². The van der Waals surface area contributed by atoms with Gasteiger partial charge in [0.2, 0.25) is 5.78 Å². The van der Waals surface area contributed by atoms with E-state index >= 15 is 0 Å². The molecule has 0 aliphatic carbocycles. The number of aryl methyl sites for hydroxylation is 1. The van der Waals surface area contributed by atoms with Gasteiger partial charge >= 0.3 is 0 Å². The molecule has 1 N–H and O–H groups in total. The van der Waals surface area contributed by atoms with Gasteiger partial charge < -0.3 is 5.32 Å². The predicted octanol–water partition coefficient (Wildman–Crippen LogP) is 1.50. The average molecular weight is 216 g/mol. The Morgan fingerprint density at radius 3 is 2.94 bits per heavy atom. The molecule has 0 bridgehead atoms. The van der Waals surface area contributed by atoms with Crippen molar-refractivity contribution in [3.05, 3.63) is 29.8 Å². The Kier molecular flexibility index (Phi) is 2.36. The number of nitrogens with zero attached hydrogens (tertiary/aromatic N) is 3. The van der Waals surface area contributed by atoms with E-state index < -0.39 is 0 Å². The quantitative estimate of drug-likeness (QED) is 0.785. The largest absolute Gasteiger partial charge is 0.317 e. The lowest BCUT2D eigenvalue weighted by Crippen LogP contribution is -2.26. The molecule has 84 valence electrons. The Bertz CT molecular complexity index is 497. The van der Waals surface area contributed by atoms with Gasteiger partial charge in [0.25, 0.3) is 0 Å². The zero-order valence-corrected chi connectivity index (χ0v) is 9.48. The third-order valence-corrected chi connectivity index (χ3v) is 3.22. The van der Waals surface area contributed by atoms with Crippen molar-refractivity contribution in [3.63, 3.8) is 0 Å². The molecule has 0 atom stereocenters. The highest BCUT2D eigenvalue weighted by Crippen LogP contribution is 2.24. The molecule has 0 aromatic carbocycles. The van der Waals surface area contributed by atoms with E-state index in [4.69, 9.17) is 0 Å². The summed E-state index contributed by atoms with van der Waals surface area (Å²) in [6.07, 6.45) is 8.45. The highest BCUT2D eigenvalue weighted by atomic mass is 15.1. The van der Waals surface area contributed by atoms with Gasteiger partial charge in [0.1, 0.15) is 0 Å². The predicted molar refractivity (Wildman–Crippen MR) is 62.6 cm³/mol. The minimum atomic E-state index is 0.600. The number of hydrogen-bond acceptors (Lipinski definition) is 3. The number of fused-ring (bicyclic) bond motifs is 1. The van der Waals surface area contributed by atoms with Crippen LogP contribution in [0.4, 0.5) is 0 Å². The summed E-state index contributed by atoms with van der Waals surface area (Å²) in [5.74, 6) is 1.42. The maximum Gasteiger partial charge on any atom is 0.233 e. The van der Waals surface area contributed by atoms with Crippen LogP contribution in [0.2, 0.25) is 0 Å². The molecule has 1 aliphatic rings.